The number of benzene rings is 2. The molecule has 0 aliphatic rings. The van der Waals surface area contributed by atoms with Gasteiger partial charge in [-0.15, -0.1) is 0 Å². The summed E-state index contributed by atoms with van der Waals surface area (Å²) in [5, 5.41) is 6.62. The summed E-state index contributed by atoms with van der Waals surface area (Å²) in [7, 11) is 0. The van der Waals surface area contributed by atoms with Gasteiger partial charge in [0.15, 0.2) is 0 Å². The highest BCUT2D eigenvalue weighted by Gasteiger charge is 2.15. The van der Waals surface area contributed by atoms with E-state index in [0.29, 0.717) is 5.69 Å². The highest BCUT2D eigenvalue weighted by molar-refractivity contribution is 6.39. The molecule has 2 aromatic carbocycles. The van der Waals surface area contributed by atoms with E-state index in [0.717, 1.165) is 33.8 Å². The van der Waals surface area contributed by atoms with Crippen molar-refractivity contribution in [2.24, 2.45) is 5.10 Å². The third-order valence-corrected chi connectivity index (χ3v) is 5.15. The number of anilines is 1. The van der Waals surface area contributed by atoms with Gasteiger partial charge in [0.05, 0.1) is 6.21 Å². The molecule has 0 radical (unpaired) electrons. The molecule has 2 amide bonds. The number of aryl methyl sites for hydroxylation is 5. The molecule has 0 unspecified atom stereocenters. The van der Waals surface area contributed by atoms with Gasteiger partial charge in [0.1, 0.15) is 0 Å². The molecule has 3 rings (SSSR count). The van der Waals surface area contributed by atoms with E-state index < -0.39 is 11.8 Å². The summed E-state index contributed by atoms with van der Waals surface area (Å²) in [4.78, 5) is 24.3. The van der Waals surface area contributed by atoms with Gasteiger partial charge in [-0.25, -0.2) is 5.43 Å². The molecule has 0 saturated carbocycles. The van der Waals surface area contributed by atoms with Crippen molar-refractivity contribution in [2.45, 2.75) is 41.5 Å². The van der Waals surface area contributed by atoms with Gasteiger partial charge in [-0.1, -0.05) is 18.2 Å². The molecule has 1 aromatic heterocycles. The molecule has 6 nitrogen and oxygen atoms in total. The molecule has 6 heteroatoms. The summed E-state index contributed by atoms with van der Waals surface area (Å²) >= 11 is 0. The Bertz CT molecular complexity index is 1170. The minimum Gasteiger partial charge on any atom is -0.318 e. The Morgan fingerprint density at radius 1 is 0.839 bits per heavy atom. The van der Waals surface area contributed by atoms with Gasteiger partial charge in [0, 0.05) is 28.3 Å². The van der Waals surface area contributed by atoms with E-state index in [-0.39, 0.29) is 0 Å². The summed E-state index contributed by atoms with van der Waals surface area (Å²) in [6.07, 6.45) is 1.56. The minimum atomic E-state index is -0.819. The summed E-state index contributed by atoms with van der Waals surface area (Å²) in [5.74, 6) is -1.58. The molecule has 0 saturated heterocycles. The predicted molar refractivity (Wildman–Crippen MR) is 125 cm³/mol. The molecule has 31 heavy (non-hydrogen) atoms. The number of carbonyl (C=O) groups excluding carboxylic acids is 2. The van der Waals surface area contributed by atoms with Crippen LogP contribution in [0.1, 0.15) is 39.2 Å². The average Bonchev–Trinajstić information content (AvgIpc) is 2.97. The maximum Gasteiger partial charge on any atom is 0.329 e. The van der Waals surface area contributed by atoms with Crippen LogP contribution in [0.3, 0.4) is 0 Å². The molecule has 0 atom stereocenters. The van der Waals surface area contributed by atoms with Crippen molar-refractivity contribution in [3.8, 4) is 5.69 Å². The molecule has 160 valence electrons. The third kappa shape index (κ3) is 5.09. The zero-order chi connectivity index (χ0) is 22.7. The molecule has 1 heterocycles. The average molecular weight is 417 g/mol. The summed E-state index contributed by atoms with van der Waals surface area (Å²) < 4.78 is 2.15. The highest BCUT2D eigenvalue weighted by Crippen LogP contribution is 2.22. The van der Waals surface area contributed by atoms with E-state index in [4.69, 9.17) is 0 Å². The second kappa shape index (κ2) is 9.00. The van der Waals surface area contributed by atoms with Crippen LogP contribution in [0.5, 0.6) is 0 Å². The maximum absolute atomic E-state index is 12.2. The van der Waals surface area contributed by atoms with Crippen LogP contribution in [-0.2, 0) is 9.59 Å². The van der Waals surface area contributed by atoms with Crippen molar-refractivity contribution >= 4 is 23.7 Å². The minimum absolute atomic E-state index is 0.612. The van der Waals surface area contributed by atoms with Crippen LogP contribution in [0.2, 0.25) is 0 Å². The summed E-state index contributed by atoms with van der Waals surface area (Å²) in [6, 6.07) is 14.1. The first kappa shape index (κ1) is 22.0. The molecule has 2 N–H and O–H groups in total. The second-order valence-corrected chi connectivity index (χ2v) is 7.98. The number of carbonyl (C=O) groups is 2. The SMILES string of the molecule is Cc1cc(C)cc(-n2c(C)cc(/C=N\NC(=O)C(=O)Nc3cc(C)ccc3C)c2C)c1. The lowest BCUT2D eigenvalue weighted by Gasteiger charge is -2.11. The van der Waals surface area contributed by atoms with Crippen molar-refractivity contribution in [1.29, 1.82) is 0 Å². The van der Waals surface area contributed by atoms with Gasteiger partial charge in [-0.2, -0.15) is 5.10 Å². The van der Waals surface area contributed by atoms with E-state index in [1.54, 1.807) is 6.21 Å². The van der Waals surface area contributed by atoms with Crippen LogP contribution in [-0.4, -0.2) is 22.6 Å². The second-order valence-electron chi connectivity index (χ2n) is 7.98. The van der Waals surface area contributed by atoms with Crippen LogP contribution in [0.4, 0.5) is 5.69 Å². The fourth-order valence-electron chi connectivity index (χ4n) is 3.66. The molecular weight excluding hydrogens is 388 g/mol. The fraction of sp³-hybridized carbons (Fsp3) is 0.240. The van der Waals surface area contributed by atoms with Crippen molar-refractivity contribution in [2.75, 3.05) is 5.32 Å². The first-order valence-corrected chi connectivity index (χ1v) is 10.1. The lowest BCUT2D eigenvalue weighted by atomic mass is 10.1. The van der Waals surface area contributed by atoms with Gasteiger partial charge in [-0.05, 0) is 88.1 Å². The molecule has 0 aliphatic carbocycles. The van der Waals surface area contributed by atoms with Crippen LogP contribution in [0.25, 0.3) is 5.69 Å². The Kier molecular flexibility index (Phi) is 6.39. The fourth-order valence-corrected chi connectivity index (χ4v) is 3.66. The lowest BCUT2D eigenvalue weighted by molar-refractivity contribution is -0.136. The topological polar surface area (TPSA) is 75.5 Å². The number of amides is 2. The zero-order valence-corrected chi connectivity index (χ0v) is 18.8. The molecular formula is C25H28N4O2. The Labute approximate surface area is 183 Å². The highest BCUT2D eigenvalue weighted by atomic mass is 16.2. The van der Waals surface area contributed by atoms with Gasteiger partial charge < -0.3 is 9.88 Å². The van der Waals surface area contributed by atoms with Crippen molar-refractivity contribution < 1.29 is 9.59 Å². The van der Waals surface area contributed by atoms with Crippen molar-refractivity contribution in [1.82, 2.24) is 9.99 Å². The summed E-state index contributed by atoms with van der Waals surface area (Å²) in [5.41, 5.74) is 11.2. The number of rotatable bonds is 4. The van der Waals surface area contributed by atoms with Crippen LogP contribution in [0, 0.1) is 41.5 Å². The molecule has 0 fully saturated rings. The number of aromatic nitrogens is 1. The zero-order valence-electron chi connectivity index (χ0n) is 18.8. The molecule has 0 spiro atoms. The summed E-state index contributed by atoms with van der Waals surface area (Å²) in [6.45, 7) is 12.0. The Morgan fingerprint density at radius 3 is 2.19 bits per heavy atom. The van der Waals surface area contributed by atoms with Crippen LogP contribution >= 0.6 is 0 Å². The Balaban J connectivity index is 1.71. The third-order valence-electron chi connectivity index (χ3n) is 5.15. The largest absolute Gasteiger partial charge is 0.329 e. The van der Waals surface area contributed by atoms with Gasteiger partial charge in [0.2, 0.25) is 0 Å². The quantitative estimate of drug-likeness (QED) is 0.375. The van der Waals surface area contributed by atoms with Gasteiger partial charge in [-0.3, -0.25) is 9.59 Å². The number of hydrogen-bond donors (Lipinski definition) is 2. The van der Waals surface area contributed by atoms with E-state index in [1.165, 1.54) is 11.1 Å². The van der Waals surface area contributed by atoms with E-state index >= 15 is 0 Å². The smallest absolute Gasteiger partial charge is 0.318 e. The number of hydrazone groups is 1. The van der Waals surface area contributed by atoms with Crippen molar-refractivity contribution in [3.05, 3.63) is 81.7 Å². The monoisotopic (exact) mass is 416 g/mol. The Hall–Kier alpha value is -3.67. The Morgan fingerprint density at radius 2 is 1.52 bits per heavy atom. The lowest BCUT2D eigenvalue weighted by Crippen LogP contribution is -2.32. The number of hydrogen-bond acceptors (Lipinski definition) is 3. The standard InChI is InChI=1S/C25H28N4O2/c1-15-7-8-18(4)23(12-15)27-24(30)25(31)28-26-14-21-13-19(5)29(20(21)6)22-10-16(2)9-17(3)11-22/h7-14H,1-6H3,(H,27,30)(H,28,31)/b26-14-. The first-order valence-electron chi connectivity index (χ1n) is 10.1. The normalized spacial score (nSPS) is 11.0. The number of nitrogens with zero attached hydrogens (tertiary/aromatic N) is 2. The molecule has 0 bridgehead atoms. The van der Waals surface area contributed by atoms with Gasteiger partial charge in [0.25, 0.3) is 0 Å². The number of nitrogens with one attached hydrogen (secondary N) is 2. The van der Waals surface area contributed by atoms with Crippen LogP contribution in [0.15, 0.2) is 47.6 Å². The van der Waals surface area contributed by atoms with E-state index in [1.807, 2.05) is 52.0 Å². The van der Waals surface area contributed by atoms with E-state index in [2.05, 4.69) is 52.5 Å². The van der Waals surface area contributed by atoms with Crippen LogP contribution < -0.4 is 10.7 Å². The molecule has 0 aliphatic heterocycles. The molecule has 3 aromatic rings. The maximum atomic E-state index is 12.2. The van der Waals surface area contributed by atoms with Crippen molar-refractivity contribution in [3.63, 3.8) is 0 Å². The van der Waals surface area contributed by atoms with Gasteiger partial charge >= 0.3 is 11.8 Å². The first-order chi connectivity index (χ1) is 14.7. The van der Waals surface area contributed by atoms with E-state index in [9.17, 15) is 9.59 Å². The predicted octanol–water partition coefficient (Wildman–Crippen LogP) is 4.42.